The van der Waals surface area contributed by atoms with Gasteiger partial charge in [0.1, 0.15) is 0 Å². The first-order chi connectivity index (χ1) is 7.22. The molecule has 0 aromatic heterocycles. The molecule has 0 heterocycles. The number of hydrogen-bond donors (Lipinski definition) is 1. The van der Waals surface area contributed by atoms with E-state index < -0.39 is 0 Å². The zero-order valence-electron chi connectivity index (χ0n) is 10.9. The molecule has 1 fully saturated rings. The van der Waals surface area contributed by atoms with Gasteiger partial charge in [-0.3, -0.25) is 0 Å². The highest BCUT2D eigenvalue weighted by atomic mass is 14.9. The SMILES string of the molecule is CCC1CCC(CCCNC(C)C)CC1. The smallest absolute Gasteiger partial charge is 0.00103 e. The number of rotatable bonds is 6. The van der Waals surface area contributed by atoms with E-state index in [4.69, 9.17) is 0 Å². The van der Waals surface area contributed by atoms with Gasteiger partial charge in [-0.2, -0.15) is 0 Å². The molecular weight excluding hydrogens is 182 g/mol. The van der Waals surface area contributed by atoms with Crippen LogP contribution >= 0.6 is 0 Å². The van der Waals surface area contributed by atoms with Crippen molar-refractivity contribution in [3.05, 3.63) is 0 Å². The third kappa shape index (κ3) is 5.55. The Balaban J connectivity index is 1.99. The molecular formula is C14H29N. The molecule has 0 saturated heterocycles. The normalized spacial score (nSPS) is 27.2. The van der Waals surface area contributed by atoms with E-state index in [1.807, 2.05) is 0 Å². The van der Waals surface area contributed by atoms with Crippen LogP contribution in [0.4, 0.5) is 0 Å². The maximum atomic E-state index is 3.51. The molecule has 0 radical (unpaired) electrons. The van der Waals surface area contributed by atoms with Crippen molar-refractivity contribution in [2.75, 3.05) is 6.54 Å². The van der Waals surface area contributed by atoms with E-state index in [1.165, 1.54) is 51.5 Å². The van der Waals surface area contributed by atoms with E-state index in [0.717, 1.165) is 11.8 Å². The predicted molar refractivity (Wildman–Crippen MR) is 68.1 cm³/mol. The minimum absolute atomic E-state index is 0.654. The van der Waals surface area contributed by atoms with Crippen LogP contribution in [0.15, 0.2) is 0 Å². The van der Waals surface area contributed by atoms with Crippen LogP contribution in [0, 0.1) is 11.8 Å². The number of nitrogens with one attached hydrogen (secondary N) is 1. The van der Waals surface area contributed by atoms with E-state index in [9.17, 15) is 0 Å². The Bertz CT molecular complexity index is 145. The topological polar surface area (TPSA) is 12.0 Å². The van der Waals surface area contributed by atoms with Crippen LogP contribution in [0.3, 0.4) is 0 Å². The molecule has 1 heteroatoms. The van der Waals surface area contributed by atoms with Crippen LogP contribution in [0.1, 0.15) is 65.7 Å². The molecule has 1 aliphatic carbocycles. The second-order valence-corrected chi connectivity index (χ2v) is 5.55. The molecule has 90 valence electrons. The molecule has 0 atom stereocenters. The second kappa shape index (κ2) is 7.27. The monoisotopic (exact) mass is 211 g/mol. The van der Waals surface area contributed by atoms with E-state index in [0.29, 0.717) is 6.04 Å². The summed E-state index contributed by atoms with van der Waals surface area (Å²) in [5.74, 6) is 2.09. The van der Waals surface area contributed by atoms with Crippen molar-refractivity contribution in [2.24, 2.45) is 11.8 Å². The minimum Gasteiger partial charge on any atom is -0.315 e. The van der Waals surface area contributed by atoms with Gasteiger partial charge in [0.15, 0.2) is 0 Å². The molecule has 0 aromatic carbocycles. The van der Waals surface area contributed by atoms with Crippen LogP contribution in [-0.2, 0) is 0 Å². The molecule has 0 unspecified atom stereocenters. The Kier molecular flexibility index (Phi) is 6.31. The Hall–Kier alpha value is -0.0400. The summed E-state index contributed by atoms with van der Waals surface area (Å²) in [6.07, 6.45) is 10.2. The summed E-state index contributed by atoms with van der Waals surface area (Å²) in [7, 11) is 0. The molecule has 15 heavy (non-hydrogen) atoms. The summed E-state index contributed by atoms with van der Waals surface area (Å²) in [6.45, 7) is 8.02. The van der Waals surface area contributed by atoms with Crippen molar-refractivity contribution in [2.45, 2.75) is 71.8 Å². The minimum atomic E-state index is 0.654. The predicted octanol–water partition coefficient (Wildman–Crippen LogP) is 3.98. The zero-order chi connectivity index (χ0) is 11.1. The highest BCUT2D eigenvalue weighted by molar-refractivity contribution is 4.72. The summed E-state index contributed by atoms with van der Waals surface area (Å²) in [4.78, 5) is 0. The largest absolute Gasteiger partial charge is 0.315 e. The summed E-state index contributed by atoms with van der Waals surface area (Å²) in [6, 6.07) is 0.654. The first-order valence-electron chi connectivity index (χ1n) is 6.95. The lowest BCUT2D eigenvalue weighted by Gasteiger charge is -2.27. The maximum absolute atomic E-state index is 3.51. The summed E-state index contributed by atoms with van der Waals surface area (Å²) >= 11 is 0. The Morgan fingerprint density at radius 1 is 1.07 bits per heavy atom. The molecule has 1 aliphatic rings. The van der Waals surface area contributed by atoms with Crippen molar-refractivity contribution in [1.82, 2.24) is 5.32 Å². The molecule has 0 aliphatic heterocycles. The third-order valence-electron chi connectivity index (χ3n) is 3.89. The molecule has 0 aromatic rings. The highest BCUT2D eigenvalue weighted by Gasteiger charge is 2.19. The van der Waals surface area contributed by atoms with E-state index in [1.54, 1.807) is 0 Å². The van der Waals surface area contributed by atoms with Crippen molar-refractivity contribution in [1.29, 1.82) is 0 Å². The van der Waals surface area contributed by atoms with Gasteiger partial charge in [0, 0.05) is 6.04 Å². The van der Waals surface area contributed by atoms with Crippen LogP contribution in [0.2, 0.25) is 0 Å². The van der Waals surface area contributed by atoms with Gasteiger partial charge in [-0.1, -0.05) is 52.9 Å². The molecule has 1 nitrogen and oxygen atoms in total. The van der Waals surface area contributed by atoms with Gasteiger partial charge in [-0.05, 0) is 31.2 Å². The molecule has 0 amide bonds. The second-order valence-electron chi connectivity index (χ2n) is 5.55. The summed E-state index contributed by atoms with van der Waals surface area (Å²) in [5.41, 5.74) is 0. The zero-order valence-corrected chi connectivity index (χ0v) is 10.9. The first-order valence-corrected chi connectivity index (χ1v) is 6.95. The standard InChI is InChI=1S/C14H29N/c1-4-13-7-9-14(10-8-13)6-5-11-15-12(2)3/h12-15H,4-11H2,1-3H3. The van der Waals surface area contributed by atoms with Gasteiger partial charge in [0.25, 0.3) is 0 Å². The van der Waals surface area contributed by atoms with Gasteiger partial charge < -0.3 is 5.32 Å². The summed E-state index contributed by atoms with van der Waals surface area (Å²) < 4.78 is 0. The Labute approximate surface area is 96.0 Å². The lowest BCUT2D eigenvalue weighted by Crippen LogP contribution is -2.24. The van der Waals surface area contributed by atoms with Gasteiger partial charge in [-0.25, -0.2) is 0 Å². The average molecular weight is 211 g/mol. The molecule has 1 saturated carbocycles. The fourth-order valence-corrected chi connectivity index (χ4v) is 2.71. The first kappa shape index (κ1) is 13.0. The number of hydrogen-bond acceptors (Lipinski definition) is 1. The van der Waals surface area contributed by atoms with Gasteiger partial charge in [-0.15, -0.1) is 0 Å². The quantitative estimate of drug-likeness (QED) is 0.655. The van der Waals surface area contributed by atoms with Crippen LogP contribution < -0.4 is 5.32 Å². The molecule has 1 N–H and O–H groups in total. The maximum Gasteiger partial charge on any atom is 0.00103 e. The van der Waals surface area contributed by atoms with E-state index >= 15 is 0 Å². The van der Waals surface area contributed by atoms with Crippen molar-refractivity contribution in [3.63, 3.8) is 0 Å². The fraction of sp³-hybridized carbons (Fsp3) is 1.00. The highest BCUT2D eigenvalue weighted by Crippen LogP contribution is 2.32. The van der Waals surface area contributed by atoms with E-state index in [2.05, 4.69) is 26.1 Å². The molecule has 0 bridgehead atoms. The summed E-state index contributed by atoms with van der Waals surface area (Å²) in [5, 5.41) is 3.51. The van der Waals surface area contributed by atoms with Crippen molar-refractivity contribution in [3.8, 4) is 0 Å². The van der Waals surface area contributed by atoms with E-state index in [-0.39, 0.29) is 0 Å². The van der Waals surface area contributed by atoms with Crippen LogP contribution in [0.5, 0.6) is 0 Å². The van der Waals surface area contributed by atoms with Gasteiger partial charge in [0.2, 0.25) is 0 Å². The molecule has 0 spiro atoms. The Morgan fingerprint density at radius 3 is 2.20 bits per heavy atom. The lowest BCUT2D eigenvalue weighted by molar-refractivity contribution is 0.254. The van der Waals surface area contributed by atoms with Gasteiger partial charge in [0.05, 0.1) is 0 Å². The van der Waals surface area contributed by atoms with Crippen molar-refractivity contribution < 1.29 is 0 Å². The molecule has 1 rings (SSSR count). The van der Waals surface area contributed by atoms with Crippen LogP contribution in [-0.4, -0.2) is 12.6 Å². The third-order valence-corrected chi connectivity index (χ3v) is 3.89. The van der Waals surface area contributed by atoms with Crippen molar-refractivity contribution >= 4 is 0 Å². The average Bonchev–Trinajstić information content (AvgIpc) is 2.25. The fourth-order valence-electron chi connectivity index (χ4n) is 2.71. The Morgan fingerprint density at radius 2 is 1.67 bits per heavy atom. The van der Waals surface area contributed by atoms with Crippen LogP contribution in [0.25, 0.3) is 0 Å². The lowest BCUT2D eigenvalue weighted by atomic mass is 9.79. The van der Waals surface area contributed by atoms with Gasteiger partial charge >= 0.3 is 0 Å².